The van der Waals surface area contributed by atoms with Gasteiger partial charge in [0.05, 0.1) is 28.3 Å². The molecule has 17 aliphatic carbocycles. The Morgan fingerprint density at radius 2 is 0.757 bits per heavy atom. The van der Waals surface area contributed by atoms with Crippen LogP contribution in [0.4, 0.5) is 0 Å². The monoisotopic (exact) mass is 2060 g/mol. The molecular formula is C125H173O22P. The van der Waals surface area contributed by atoms with Crippen LogP contribution >= 0.6 is 7.60 Å². The molecule has 0 radical (unpaired) electrons. The van der Waals surface area contributed by atoms with Crippen molar-refractivity contribution in [3.63, 3.8) is 0 Å². The summed E-state index contributed by atoms with van der Waals surface area (Å²) in [7, 11) is -0.890. The van der Waals surface area contributed by atoms with E-state index in [1.165, 1.54) is 42.1 Å². The summed E-state index contributed by atoms with van der Waals surface area (Å²) in [4.78, 5) is 87.4. The van der Waals surface area contributed by atoms with Crippen LogP contribution in [-0.4, -0.2) is 120 Å². The van der Waals surface area contributed by atoms with Gasteiger partial charge in [-0.1, -0.05) is 163 Å². The van der Waals surface area contributed by atoms with Gasteiger partial charge in [-0.2, -0.15) is 0 Å². The highest BCUT2D eigenvalue weighted by atomic mass is 31.2. The van der Waals surface area contributed by atoms with Crippen molar-refractivity contribution in [1.29, 1.82) is 0 Å². The number of benzene rings is 3. The first-order valence-electron chi connectivity index (χ1n) is 55.5. The maximum absolute atomic E-state index is 14.1. The summed E-state index contributed by atoms with van der Waals surface area (Å²) in [6, 6.07) is 5.21. The van der Waals surface area contributed by atoms with Gasteiger partial charge < -0.3 is 69.6 Å². The lowest BCUT2D eigenvalue weighted by atomic mass is 9.34. The van der Waals surface area contributed by atoms with Crippen LogP contribution in [0.25, 0.3) is 0 Å². The lowest BCUT2D eigenvalue weighted by Gasteiger charge is -2.70. The van der Waals surface area contributed by atoms with E-state index in [2.05, 4.69) is 141 Å². The van der Waals surface area contributed by atoms with Crippen molar-refractivity contribution < 1.29 is 108 Å². The van der Waals surface area contributed by atoms with Crippen LogP contribution in [-0.2, 0) is 79.3 Å². The number of ketones is 2. The molecule has 12 saturated carbocycles. The topological polar surface area (TPSA) is 376 Å². The number of hydrogen-bond acceptors (Lipinski definition) is 19. The normalized spacial score (nSPS) is 42.2. The molecule has 810 valence electrons. The Hall–Kier alpha value is -8.72. The number of aliphatic carboxylic acids is 3. The van der Waals surface area contributed by atoms with E-state index in [1.807, 2.05) is 54.5 Å². The molecule has 148 heavy (non-hydrogen) atoms. The largest absolute Gasteiger partial charge is 0.504 e. The first-order valence-corrected chi connectivity index (χ1v) is 57.1. The maximum atomic E-state index is 14.1. The summed E-state index contributed by atoms with van der Waals surface area (Å²) < 4.78 is 35.6. The van der Waals surface area contributed by atoms with Crippen LogP contribution < -0.4 is 0 Å². The smallest absolute Gasteiger partial charge is 0.344 e. The number of esters is 2. The van der Waals surface area contributed by atoms with E-state index in [9.17, 15) is 89.2 Å². The van der Waals surface area contributed by atoms with Gasteiger partial charge in [0.2, 0.25) is 5.78 Å². The number of Topliss-reactive ketones (excluding diaryl/α,β-unsaturated/α-hetero) is 1. The molecule has 22 nitrogen and oxygen atoms in total. The summed E-state index contributed by atoms with van der Waals surface area (Å²) in [5.74, 6) is -2.75. The van der Waals surface area contributed by atoms with E-state index >= 15 is 0 Å². The molecule has 0 amide bonds. The minimum atomic E-state index is -3.67. The van der Waals surface area contributed by atoms with Gasteiger partial charge in [-0.05, 0) is 430 Å². The van der Waals surface area contributed by atoms with Gasteiger partial charge in [0.15, 0.2) is 46.9 Å². The fourth-order valence-electron chi connectivity index (χ4n) is 37.0. The Morgan fingerprint density at radius 1 is 0.405 bits per heavy atom. The third-order valence-electron chi connectivity index (χ3n) is 48.3. The van der Waals surface area contributed by atoms with Gasteiger partial charge in [-0.15, -0.1) is 0 Å². The average molecular weight is 2060 g/mol. The lowest BCUT2D eigenvalue weighted by molar-refractivity contribution is -0.185. The molecule has 0 aliphatic heterocycles. The molecular weight excluding hydrogens is 1880 g/mol. The van der Waals surface area contributed by atoms with Crippen molar-refractivity contribution in [2.24, 2.45) is 116 Å². The van der Waals surface area contributed by atoms with Gasteiger partial charge >= 0.3 is 37.4 Å². The van der Waals surface area contributed by atoms with Crippen LogP contribution in [0.15, 0.2) is 99.4 Å². The molecule has 2 unspecified atom stereocenters. The molecule has 0 aromatic heterocycles. The van der Waals surface area contributed by atoms with Gasteiger partial charge in [-0.3, -0.25) is 33.3 Å². The zero-order valence-electron chi connectivity index (χ0n) is 94.1. The fraction of sp³-hybridized carbons (Fsp3) is 0.688. The highest BCUT2D eigenvalue weighted by Gasteiger charge is 2.74. The lowest BCUT2D eigenvalue weighted by Crippen LogP contribution is -2.62. The van der Waals surface area contributed by atoms with Gasteiger partial charge in [0.25, 0.3) is 0 Å². The molecule has 10 N–H and O–H groups in total. The summed E-state index contributed by atoms with van der Waals surface area (Å²) in [5.41, 5.74) is 10.9. The summed E-state index contributed by atoms with van der Waals surface area (Å²) in [6.45, 7) is 56.3. The number of ether oxygens (including phenoxy) is 2. The first kappa shape index (κ1) is 110. The molecule has 23 heteroatoms. The predicted octanol–water partition coefficient (Wildman–Crippen LogP) is 28.2. The van der Waals surface area contributed by atoms with Crippen LogP contribution in [0.1, 0.15) is 407 Å². The van der Waals surface area contributed by atoms with E-state index in [1.54, 1.807) is 39.0 Å². The zero-order chi connectivity index (χ0) is 109. The SMILES string of the molecule is CC(=O)CC1C=C2[C@@](C)(CC[C@@]3(C)[C@@H]4C[C@](C)(C(=O)O)CC[C@]4(C)CC[C@]23C)c2cc(O)c(O)c(C)c21.CCOC(=O)COC(=O)[C@]1(C)CC[C@]2(C)CC[C@]3(C)C4=CC=C5C(=CC(=O)C(O)=C5C)[C@]4(C)CC[C@@]3(C)[C@@H]2C1.COP(=O)(OC)C1C=C2[C@@](C)(CC[C@@]3(C)[C@@H]4C[C@](C)(C(=O)O)CC[C@]4(C)CC[C@]23C)c2cc(O)c(O)c(C)c21.Cc1c(O)c(O)cc2c1CC=C1[C@@]2(C)CC[C@@]2(C)[C@@H]3C[C@](C)(C(=O)O)CC[C@]3(C)CC[C@]12C. The third kappa shape index (κ3) is 15.5. The van der Waals surface area contributed by atoms with Gasteiger partial charge in [0, 0.05) is 53.8 Å². The standard InChI is InChI=1S/C33H44O6.C32H44O5.C31H45O7P.C29H40O4/c1-8-38-26(35)19-39-28(37)30(4)12-11-29(3)13-15-32(6)24-10-9-21-20(2)27(36)23(34)17-22(21)31(24,5)14-16-33(32,7)25(29)18-30;1-18(33)14-20-15-23-30(5,21-16-22(34)26(35)19(2)25(20)21)11-13-32(7)24-17-29(4,27(36)37)9-8-28(24,3)10-12-31(23,32)6;1-18-24-19(15-20(32)25(18)33)29(4)12-14-31(6)23-17-28(3,26(34)35)10-9-27(23,2)11-13-30(31,5)22(29)16-21(24)39(36,37-7)38-8;1-17-18-7-8-21-27(4,19(18)15-20(30)23(17)31)12-14-29(6)22-16-26(3,24(32)33)10-9-25(22,2)11-13-28(21,29)5/h9-10,17,25,36H,8,11-16,18-19H2,1-7H3;15-16,20,24,34-35H,8-14,17H2,1-7H3,(H,36,37);15-16,21,23,32-33H,9-14,17H2,1-8H3,(H,34,35);8,15,22,30-31H,7,9-14,16H2,1-6H3,(H,32,33)/t25-,29-,30-,31+,32-,33+;20?,24-,28-,29-,30+,31-,32+;21?,23-,27-,28-,29+,30-,31+;22-,25-,26-,27+,28-,29+/m1111/s1. The number of carbonyl (C=O) groups excluding carboxylic acids is 4. The second-order valence-corrected chi connectivity index (χ2v) is 57.8. The number of carboxylic acids is 3. The van der Waals surface area contributed by atoms with E-state index in [-0.39, 0.29) is 164 Å². The van der Waals surface area contributed by atoms with Gasteiger partial charge in [0.1, 0.15) is 11.4 Å². The quantitative estimate of drug-likeness (QED) is 0.0348. The number of phenolic OH excluding ortho intramolecular Hbond substituents is 6. The summed E-state index contributed by atoms with van der Waals surface area (Å²) in [6.07, 6.45) is 39.6. The third-order valence-corrected chi connectivity index (χ3v) is 50.4. The van der Waals surface area contributed by atoms with Crippen molar-refractivity contribution in [2.75, 3.05) is 27.4 Å². The minimum absolute atomic E-state index is 0.00431. The molecule has 12 fully saturated rings. The van der Waals surface area contributed by atoms with E-state index < -0.39 is 64.2 Å². The molecule has 26 atom stereocenters. The number of carboxylic acid groups (broad SMARTS) is 3. The summed E-state index contributed by atoms with van der Waals surface area (Å²) in [5, 5.41) is 104. The Balaban J connectivity index is 0.000000135. The maximum Gasteiger partial charge on any atom is 0.344 e. The van der Waals surface area contributed by atoms with Crippen molar-refractivity contribution in [1.82, 2.24) is 0 Å². The molecule has 17 aliphatic rings. The molecule has 0 bridgehead atoms. The molecule has 0 heterocycles. The molecule has 0 spiro atoms. The van der Waals surface area contributed by atoms with E-state index in [0.717, 1.165) is 206 Å². The number of allylic oxidation sites excluding steroid dienone is 13. The van der Waals surface area contributed by atoms with E-state index in [4.69, 9.17) is 18.5 Å². The van der Waals surface area contributed by atoms with E-state index in [0.29, 0.717) is 65.7 Å². The zero-order valence-corrected chi connectivity index (χ0v) is 95.0. The average Bonchev–Trinajstić information content (AvgIpc) is 0.719. The Kier molecular flexibility index (Phi) is 26.6. The number of carbonyl (C=O) groups is 7. The first-order chi connectivity index (χ1) is 68.4. The van der Waals surface area contributed by atoms with Crippen LogP contribution in [0.3, 0.4) is 0 Å². The van der Waals surface area contributed by atoms with Crippen molar-refractivity contribution >= 4 is 49.0 Å². The number of hydrogen-bond donors (Lipinski definition) is 10. The number of aliphatic hydroxyl groups excluding tert-OH is 1. The predicted molar refractivity (Wildman–Crippen MR) is 572 cm³/mol. The summed E-state index contributed by atoms with van der Waals surface area (Å²) >= 11 is 0. The molecule has 3 aromatic rings. The van der Waals surface area contributed by atoms with Crippen LogP contribution in [0.5, 0.6) is 34.5 Å². The van der Waals surface area contributed by atoms with Crippen molar-refractivity contribution in [3.05, 3.63) is 149 Å². The van der Waals surface area contributed by atoms with Gasteiger partial charge in [-0.25, -0.2) is 4.79 Å². The molecule has 20 rings (SSSR count). The van der Waals surface area contributed by atoms with Crippen molar-refractivity contribution in [2.45, 2.75) is 400 Å². The number of phenols is 6. The van der Waals surface area contributed by atoms with Crippen LogP contribution in [0.2, 0.25) is 0 Å². The number of rotatable bonds is 12. The Morgan fingerprint density at radius 3 is 1.16 bits per heavy atom. The second-order valence-electron chi connectivity index (χ2n) is 55.5. The Labute approximate surface area is 879 Å². The fourth-order valence-corrected chi connectivity index (χ4v) is 38.6. The molecule has 3 aromatic carbocycles. The minimum Gasteiger partial charge on any atom is -0.504 e. The number of fused-ring (bicyclic) bond motifs is 28. The number of aliphatic hydroxyl groups is 1. The van der Waals surface area contributed by atoms with Crippen LogP contribution in [0, 0.1) is 136 Å². The number of aromatic hydroxyl groups is 6. The Bertz CT molecular complexity index is 6410. The van der Waals surface area contributed by atoms with Crippen molar-refractivity contribution in [3.8, 4) is 34.5 Å². The second kappa shape index (κ2) is 35.7. The highest BCUT2D eigenvalue weighted by molar-refractivity contribution is 7.54. The molecule has 0 saturated heterocycles. The highest BCUT2D eigenvalue weighted by Crippen LogP contribution is 2.83.